The van der Waals surface area contributed by atoms with Crippen LogP contribution in [0.2, 0.25) is 5.02 Å². The topological polar surface area (TPSA) is 51.2 Å². The number of thiazole rings is 1. The molecule has 0 radical (unpaired) electrons. The average Bonchev–Trinajstić information content (AvgIpc) is 2.73. The lowest BCUT2D eigenvalue weighted by molar-refractivity contribution is -0.133. The Kier molecular flexibility index (Phi) is 3.56. The predicted molar refractivity (Wildman–Crippen MR) is 74.3 cm³/mol. The second-order valence-electron chi connectivity index (χ2n) is 4.27. The third-order valence-electron chi connectivity index (χ3n) is 2.65. The van der Waals surface area contributed by atoms with E-state index in [1.807, 2.05) is 12.1 Å². The van der Waals surface area contributed by atoms with Crippen LogP contribution >= 0.6 is 22.9 Å². The van der Waals surface area contributed by atoms with Gasteiger partial charge >= 0.3 is 0 Å². The molecule has 96 valence electrons. The lowest BCUT2D eigenvalue weighted by Crippen LogP contribution is -2.38. The highest BCUT2D eigenvalue weighted by Crippen LogP contribution is 2.31. The summed E-state index contributed by atoms with van der Waals surface area (Å²) in [4.78, 5) is 16.2. The molecule has 0 saturated carbocycles. The highest BCUT2D eigenvalue weighted by Gasteiger charge is 2.27. The number of ether oxygens (including phenoxy) is 1. The van der Waals surface area contributed by atoms with E-state index in [1.165, 1.54) is 18.4 Å². The monoisotopic (exact) mass is 284 g/mol. The zero-order valence-corrected chi connectivity index (χ0v) is 11.9. The smallest absolute Gasteiger partial charge is 0.257 e. The second-order valence-corrected chi connectivity index (χ2v) is 5.71. The van der Waals surface area contributed by atoms with Crippen molar-refractivity contribution in [3.63, 3.8) is 0 Å². The van der Waals surface area contributed by atoms with Gasteiger partial charge in [-0.2, -0.15) is 0 Å². The largest absolute Gasteiger partial charge is 0.369 e. The number of fused-ring (bicyclic) bond motifs is 1. The molecule has 0 unspecified atom stereocenters. The Morgan fingerprint density at radius 3 is 2.83 bits per heavy atom. The zero-order chi connectivity index (χ0) is 13.3. The van der Waals surface area contributed by atoms with Gasteiger partial charge in [0.15, 0.2) is 5.13 Å². The van der Waals surface area contributed by atoms with E-state index in [-0.39, 0.29) is 5.91 Å². The Morgan fingerprint density at radius 2 is 2.22 bits per heavy atom. The van der Waals surface area contributed by atoms with Crippen molar-refractivity contribution in [1.29, 1.82) is 0 Å². The minimum Gasteiger partial charge on any atom is -0.369 e. The molecule has 0 saturated heterocycles. The van der Waals surface area contributed by atoms with E-state index in [9.17, 15) is 4.79 Å². The summed E-state index contributed by atoms with van der Waals surface area (Å²) in [7, 11) is 1.49. The first-order chi connectivity index (χ1) is 8.44. The summed E-state index contributed by atoms with van der Waals surface area (Å²) in [5.41, 5.74) is -0.184. The Bertz CT molecular complexity index is 595. The van der Waals surface area contributed by atoms with Crippen molar-refractivity contribution in [1.82, 2.24) is 4.98 Å². The standard InChI is InChI=1S/C12H13ClN2O2S/c1-12(2,17-3)10(16)15-11-14-9-7(13)5-4-6-8(9)18-11/h4-6H,1-3H3,(H,14,15,16). The number of carbonyl (C=O) groups excluding carboxylic acids is 1. The Balaban J connectivity index is 2.28. The Labute approximate surface area is 114 Å². The van der Waals surface area contributed by atoms with Gasteiger partial charge < -0.3 is 4.74 Å². The number of amides is 1. The number of methoxy groups -OCH3 is 1. The number of anilines is 1. The van der Waals surface area contributed by atoms with E-state index >= 15 is 0 Å². The van der Waals surface area contributed by atoms with Gasteiger partial charge in [-0.05, 0) is 26.0 Å². The Hall–Kier alpha value is -1.17. The fourth-order valence-electron chi connectivity index (χ4n) is 1.31. The van der Waals surface area contributed by atoms with Gasteiger partial charge in [0, 0.05) is 7.11 Å². The summed E-state index contributed by atoms with van der Waals surface area (Å²) in [5.74, 6) is -0.236. The van der Waals surface area contributed by atoms with Crippen molar-refractivity contribution < 1.29 is 9.53 Å². The number of carbonyl (C=O) groups is 1. The van der Waals surface area contributed by atoms with E-state index in [2.05, 4.69) is 10.3 Å². The number of benzene rings is 1. The number of rotatable bonds is 3. The van der Waals surface area contributed by atoms with Gasteiger partial charge in [0.2, 0.25) is 0 Å². The molecule has 18 heavy (non-hydrogen) atoms. The number of nitrogens with zero attached hydrogens (tertiary/aromatic N) is 1. The van der Waals surface area contributed by atoms with Crippen LogP contribution in [0.3, 0.4) is 0 Å². The summed E-state index contributed by atoms with van der Waals surface area (Å²) in [6.07, 6.45) is 0. The molecule has 0 aliphatic rings. The lowest BCUT2D eigenvalue weighted by Gasteiger charge is -2.20. The number of aromatic nitrogens is 1. The van der Waals surface area contributed by atoms with Gasteiger partial charge in [0.25, 0.3) is 5.91 Å². The summed E-state index contributed by atoms with van der Waals surface area (Å²) in [5, 5.41) is 3.84. The van der Waals surface area contributed by atoms with E-state index in [0.29, 0.717) is 15.7 Å². The van der Waals surface area contributed by atoms with Crippen LogP contribution in [-0.4, -0.2) is 23.6 Å². The molecule has 0 aliphatic carbocycles. The highest BCUT2D eigenvalue weighted by atomic mass is 35.5. The minimum absolute atomic E-state index is 0.236. The third kappa shape index (κ3) is 2.48. The van der Waals surface area contributed by atoms with Crippen molar-refractivity contribution in [2.75, 3.05) is 12.4 Å². The molecule has 6 heteroatoms. The number of hydrogen-bond acceptors (Lipinski definition) is 4. The average molecular weight is 285 g/mol. The number of halogens is 1. The molecule has 0 bridgehead atoms. The molecule has 1 heterocycles. The van der Waals surface area contributed by atoms with E-state index in [0.717, 1.165) is 4.70 Å². The molecule has 2 rings (SSSR count). The molecule has 0 fully saturated rings. The molecule has 1 amide bonds. The maximum absolute atomic E-state index is 11.9. The summed E-state index contributed by atoms with van der Waals surface area (Å²) >= 11 is 7.41. The summed E-state index contributed by atoms with van der Waals surface area (Å²) in [6.45, 7) is 3.39. The SMILES string of the molecule is COC(C)(C)C(=O)Nc1nc2c(Cl)cccc2s1. The van der Waals surface area contributed by atoms with Crippen molar-refractivity contribution in [2.45, 2.75) is 19.4 Å². The van der Waals surface area contributed by atoms with Gasteiger partial charge in [0.05, 0.1) is 9.72 Å². The molecular formula is C12H13ClN2O2S. The van der Waals surface area contributed by atoms with E-state index in [1.54, 1.807) is 19.9 Å². The maximum Gasteiger partial charge on any atom is 0.257 e. The predicted octanol–water partition coefficient (Wildman–Crippen LogP) is 3.31. The van der Waals surface area contributed by atoms with Crippen molar-refractivity contribution in [3.05, 3.63) is 23.2 Å². The molecule has 1 N–H and O–H groups in total. The number of para-hydroxylation sites is 1. The van der Waals surface area contributed by atoms with Crippen LogP contribution in [-0.2, 0) is 9.53 Å². The van der Waals surface area contributed by atoms with Gasteiger partial charge in [0.1, 0.15) is 11.1 Å². The van der Waals surface area contributed by atoms with Crippen molar-refractivity contribution in [2.24, 2.45) is 0 Å². The van der Waals surface area contributed by atoms with Gasteiger partial charge in [-0.3, -0.25) is 10.1 Å². The lowest BCUT2D eigenvalue weighted by atomic mass is 10.1. The quantitative estimate of drug-likeness (QED) is 0.941. The van der Waals surface area contributed by atoms with Crippen LogP contribution < -0.4 is 5.32 Å². The fraction of sp³-hybridized carbons (Fsp3) is 0.333. The van der Waals surface area contributed by atoms with Crippen LogP contribution in [0.25, 0.3) is 10.2 Å². The van der Waals surface area contributed by atoms with Crippen LogP contribution in [0, 0.1) is 0 Å². The van der Waals surface area contributed by atoms with E-state index in [4.69, 9.17) is 16.3 Å². The van der Waals surface area contributed by atoms with Crippen LogP contribution in [0.1, 0.15) is 13.8 Å². The molecule has 4 nitrogen and oxygen atoms in total. The highest BCUT2D eigenvalue weighted by molar-refractivity contribution is 7.22. The third-order valence-corrected chi connectivity index (χ3v) is 3.89. The van der Waals surface area contributed by atoms with Crippen LogP contribution in [0.15, 0.2) is 18.2 Å². The molecular weight excluding hydrogens is 272 g/mol. The molecule has 2 aromatic rings. The van der Waals surface area contributed by atoms with Crippen molar-refractivity contribution in [3.8, 4) is 0 Å². The zero-order valence-electron chi connectivity index (χ0n) is 10.3. The van der Waals surface area contributed by atoms with E-state index < -0.39 is 5.60 Å². The van der Waals surface area contributed by atoms with Crippen molar-refractivity contribution >= 4 is 44.2 Å². The number of hydrogen-bond donors (Lipinski definition) is 1. The minimum atomic E-state index is -0.887. The van der Waals surface area contributed by atoms with Gasteiger partial charge in [-0.1, -0.05) is 29.0 Å². The Morgan fingerprint density at radius 1 is 1.50 bits per heavy atom. The molecule has 0 spiro atoms. The molecule has 1 aromatic heterocycles. The molecule has 0 atom stereocenters. The number of nitrogens with one attached hydrogen (secondary N) is 1. The molecule has 0 aliphatic heterocycles. The first kappa shape index (κ1) is 13.3. The maximum atomic E-state index is 11.9. The second kappa shape index (κ2) is 4.84. The van der Waals surface area contributed by atoms with Crippen LogP contribution in [0.5, 0.6) is 0 Å². The first-order valence-electron chi connectivity index (χ1n) is 5.35. The molecule has 1 aromatic carbocycles. The van der Waals surface area contributed by atoms with Crippen LogP contribution in [0.4, 0.5) is 5.13 Å². The fourth-order valence-corrected chi connectivity index (χ4v) is 2.47. The van der Waals surface area contributed by atoms with Gasteiger partial charge in [-0.25, -0.2) is 4.98 Å². The summed E-state index contributed by atoms with van der Waals surface area (Å²) < 4.78 is 6.05. The first-order valence-corrected chi connectivity index (χ1v) is 6.55. The summed E-state index contributed by atoms with van der Waals surface area (Å²) in [6, 6.07) is 5.54. The normalized spacial score (nSPS) is 11.8. The van der Waals surface area contributed by atoms with Gasteiger partial charge in [-0.15, -0.1) is 0 Å².